The highest BCUT2D eigenvalue weighted by Gasteiger charge is 2.15. The lowest BCUT2D eigenvalue weighted by Gasteiger charge is -2.25. The summed E-state index contributed by atoms with van der Waals surface area (Å²) < 4.78 is 10.8. The van der Waals surface area contributed by atoms with Gasteiger partial charge in [-0.3, -0.25) is 4.90 Å². The molecule has 1 unspecified atom stereocenters. The van der Waals surface area contributed by atoms with E-state index >= 15 is 0 Å². The molecule has 0 aromatic heterocycles. The minimum atomic E-state index is -0.279. The van der Waals surface area contributed by atoms with Gasteiger partial charge in [0.25, 0.3) is 0 Å². The van der Waals surface area contributed by atoms with Crippen molar-refractivity contribution in [3.05, 3.63) is 23.8 Å². The molecule has 1 aromatic carbocycles. The van der Waals surface area contributed by atoms with E-state index < -0.39 is 0 Å². The number of hydrogen-bond acceptors (Lipinski definition) is 4. The number of para-hydroxylation sites is 1. The Morgan fingerprint density at radius 1 is 1.20 bits per heavy atom. The number of rotatable bonds is 9. The maximum Gasteiger partial charge on any atom is 0.165 e. The summed E-state index contributed by atoms with van der Waals surface area (Å²) in [5, 5.41) is 9.86. The van der Waals surface area contributed by atoms with E-state index in [9.17, 15) is 5.11 Å². The maximum absolute atomic E-state index is 9.86. The molecule has 4 nitrogen and oxygen atoms in total. The molecule has 0 radical (unpaired) electrons. The molecular formula is C16H27NO3. The van der Waals surface area contributed by atoms with E-state index in [2.05, 4.69) is 11.8 Å². The average molecular weight is 281 g/mol. The topological polar surface area (TPSA) is 41.9 Å². The van der Waals surface area contributed by atoms with E-state index in [0.717, 1.165) is 43.0 Å². The van der Waals surface area contributed by atoms with Crippen LogP contribution >= 0.6 is 0 Å². The van der Waals surface area contributed by atoms with Crippen LogP contribution in [0.25, 0.3) is 0 Å². The quantitative estimate of drug-likeness (QED) is 0.755. The second-order valence-electron chi connectivity index (χ2n) is 4.95. The van der Waals surface area contributed by atoms with Crippen molar-refractivity contribution < 1.29 is 14.6 Å². The van der Waals surface area contributed by atoms with Crippen LogP contribution in [-0.2, 0) is 6.54 Å². The van der Waals surface area contributed by atoms with Crippen LogP contribution in [0.3, 0.4) is 0 Å². The van der Waals surface area contributed by atoms with Gasteiger partial charge in [0.2, 0.25) is 0 Å². The van der Waals surface area contributed by atoms with Gasteiger partial charge in [-0.1, -0.05) is 26.0 Å². The van der Waals surface area contributed by atoms with Crippen LogP contribution < -0.4 is 9.47 Å². The Hall–Kier alpha value is -1.26. The minimum absolute atomic E-state index is 0.279. The molecule has 0 saturated heterocycles. The molecule has 1 atom stereocenters. The fourth-order valence-electron chi connectivity index (χ4n) is 2.30. The fourth-order valence-corrected chi connectivity index (χ4v) is 2.30. The maximum atomic E-state index is 9.86. The Balaban J connectivity index is 2.87. The van der Waals surface area contributed by atoms with Crippen molar-refractivity contribution in [2.24, 2.45) is 0 Å². The van der Waals surface area contributed by atoms with E-state index in [-0.39, 0.29) is 6.10 Å². The molecule has 1 aromatic rings. The highest BCUT2D eigenvalue weighted by molar-refractivity contribution is 5.46. The first kappa shape index (κ1) is 16.8. The van der Waals surface area contributed by atoms with Gasteiger partial charge >= 0.3 is 0 Å². The van der Waals surface area contributed by atoms with Crippen molar-refractivity contribution in [2.75, 3.05) is 27.3 Å². The second-order valence-corrected chi connectivity index (χ2v) is 4.95. The van der Waals surface area contributed by atoms with Crippen LogP contribution in [0.15, 0.2) is 18.2 Å². The molecule has 0 saturated carbocycles. The summed E-state index contributed by atoms with van der Waals surface area (Å²) in [6.07, 6.45) is 1.55. The van der Waals surface area contributed by atoms with Crippen LogP contribution in [0.4, 0.5) is 0 Å². The molecule has 0 aliphatic carbocycles. The van der Waals surface area contributed by atoms with E-state index in [1.54, 1.807) is 14.2 Å². The fraction of sp³-hybridized carbons (Fsp3) is 0.625. The van der Waals surface area contributed by atoms with Gasteiger partial charge in [0.15, 0.2) is 11.5 Å². The van der Waals surface area contributed by atoms with Gasteiger partial charge in [0.05, 0.1) is 20.3 Å². The van der Waals surface area contributed by atoms with Crippen LogP contribution in [0.1, 0.15) is 32.3 Å². The molecular weight excluding hydrogens is 254 g/mol. The summed E-state index contributed by atoms with van der Waals surface area (Å²) in [5.41, 5.74) is 1.09. The molecule has 0 heterocycles. The Morgan fingerprint density at radius 3 is 2.50 bits per heavy atom. The van der Waals surface area contributed by atoms with Gasteiger partial charge in [-0.15, -0.1) is 0 Å². The monoisotopic (exact) mass is 281 g/mol. The first-order chi connectivity index (χ1) is 9.65. The summed E-state index contributed by atoms with van der Waals surface area (Å²) in [5.74, 6) is 1.53. The standard InChI is InChI=1S/C16H27NO3/c1-5-10-17(12-14(18)6-2)11-13-8-7-9-15(19-3)16(13)20-4/h7-9,14,18H,5-6,10-12H2,1-4H3. The Kier molecular flexibility index (Phi) is 7.41. The van der Waals surface area contributed by atoms with E-state index in [1.165, 1.54) is 0 Å². The zero-order chi connectivity index (χ0) is 15.0. The highest BCUT2D eigenvalue weighted by atomic mass is 16.5. The second kappa shape index (κ2) is 8.82. The first-order valence-electron chi connectivity index (χ1n) is 7.26. The van der Waals surface area contributed by atoms with Gasteiger partial charge in [0.1, 0.15) is 0 Å². The summed E-state index contributed by atoms with van der Waals surface area (Å²) in [7, 11) is 3.30. The Morgan fingerprint density at radius 2 is 1.95 bits per heavy atom. The van der Waals surface area contributed by atoms with Crippen molar-refractivity contribution in [1.29, 1.82) is 0 Å². The van der Waals surface area contributed by atoms with E-state index in [0.29, 0.717) is 6.54 Å². The minimum Gasteiger partial charge on any atom is -0.493 e. The molecule has 4 heteroatoms. The normalized spacial score (nSPS) is 12.5. The summed E-state index contributed by atoms with van der Waals surface area (Å²) >= 11 is 0. The molecule has 0 spiro atoms. The van der Waals surface area contributed by atoms with Crippen molar-refractivity contribution in [2.45, 2.75) is 39.3 Å². The average Bonchev–Trinajstić information content (AvgIpc) is 2.46. The number of aliphatic hydroxyl groups excluding tert-OH is 1. The lowest BCUT2D eigenvalue weighted by molar-refractivity contribution is 0.105. The molecule has 0 aliphatic rings. The van der Waals surface area contributed by atoms with Crippen LogP contribution in [0, 0.1) is 0 Å². The van der Waals surface area contributed by atoms with Gasteiger partial charge in [-0.05, 0) is 25.5 Å². The molecule has 1 rings (SSSR count). The van der Waals surface area contributed by atoms with Crippen LogP contribution in [0.2, 0.25) is 0 Å². The van der Waals surface area contributed by atoms with Crippen molar-refractivity contribution in [1.82, 2.24) is 4.90 Å². The number of ether oxygens (including phenoxy) is 2. The van der Waals surface area contributed by atoms with E-state index in [1.807, 2.05) is 25.1 Å². The summed E-state index contributed by atoms with van der Waals surface area (Å²) in [6, 6.07) is 5.91. The highest BCUT2D eigenvalue weighted by Crippen LogP contribution is 2.31. The number of benzene rings is 1. The third-order valence-electron chi connectivity index (χ3n) is 3.36. The van der Waals surface area contributed by atoms with Gasteiger partial charge in [-0.2, -0.15) is 0 Å². The van der Waals surface area contributed by atoms with Gasteiger partial charge in [-0.25, -0.2) is 0 Å². The molecule has 0 amide bonds. The van der Waals surface area contributed by atoms with Crippen LogP contribution in [0.5, 0.6) is 11.5 Å². The van der Waals surface area contributed by atoms with Crippen molar-refractivity contribution >= 4 is 0 Å². The SMILES string of the molecule is CCCN(Cc1cccc(OC)c1OC)CC(O)CC. The third-order valence-corrected chi connectivity index (χ3v) is 3.36. The predicted molar refractivity (Wildman–Crippen MR) is 81.4 cm³/mol. The Bertz CT molecular complexity index is 395. The predicted octanol–water partition coefficient (Wildman–Crippen LogP) is 2.69. The summed E-state index contributed by atoms with van der Waals surface area (Å²) in [6.45, 7) is 6.54. The van der Waals surface area contributed by atoms with Crippen LogP contribution in [-0.4, -0.2) is 43.4 Å². The number of aliphatic hydroxyl groups is 1. The Labute approximate surface area is 122 Å². The van der Waals surface area contributed by atoms with Crippen molar-refractivity contribution in [3.63, 3.8) is 0 Å². The van der Waals surface area contributed by atoms with Gasteiger partial charge in [0, 0.05) is 18.7 Å². The molecule has 0 bridgehead atoms. The molecule has 1 N–H and O–H groups in total. The first-order valence-corrected chi connectivity index (χ1v) is 7.26. The number of hydrogen-bond donors (Lipinski definition) is 1. The lowest BCUT2D eigenvalue weighted by atomic mass is 10.1. The molecule has 0 aliphatic heterocycles. The number of methoxy groups -OCH3 is 2. The zero-order valence-corrected chi connectivity index (χ0v) is 13.1. The smallest absolute Gasteiger partial charge is 0.165 e. The number of nitrogens with zero attached hydrogens (tertiary/aromatic N) is 1. The third kappa shape index (κ3) is 4.69. The molecule has 114 valence electrons. The zero-order valence-electron chi connectivity index (χ0n) is 13.1. The lowest BCUT2D eigenvalue weighted by Crippen LogP contribution is -2.32. The molecule has 20 heavy (non-hydrogen) atoms. The van der Waals surface area contributed by atoms with E-state index in [4.69, 9.17) is 9.47 Å². The van der Waals surface area contributed by atoms with Crippen molar-refractivity contribution in [3.8, 4) is 11.5 Å². The largest absolute Gasteiger partial charge is 0.493 e. The summed E-state index contributed by atoms with van der Waals surface area (Å²) in [4.78, 5) is 2.26. The molecule has 0 fully saturated rings. The van der Waals surface area contributed by atoms with Gasteiger partial charge < -0.3 is 14.6 Å².